The molecule has 1 atom stereocenters. The number of pyridine rings is 1. The Kier molecular flexibility index (Phi) is 6.80. The van der Waals surface area contributed by atoms with Crippen molar-refractivity contribution in [2.24, 2.45) is 7.05 Å². The lowest BCUT2D eigenvalue weighted by Crippen LogP contribution is -2.34. The number of nitrogens with zero attached hydrogens (tertiary/aromatic N) is 1. The van der Waals surface area contributed by atoms with Crippen molar-refractivity contribution in [3.05, 3.63) is 99.9 Å². The van der Waals surface area contributed by atoms with Gasteiger partial charge in [-0.05, 0) is 35.6 Å². The Balaban J connectivity index is 1.76. The summed E-state index contributed by atoms with van der Waals surface area (Å²) in [6.45, 7) is 1.74. The van der Waals surface area contributed by atoms with Crippen LogP contribution in [0.15, 0.2) is 83.7 Å². The maximum absolute atomic E-state index is 13.5. The van der Waals surface area contributed by atoms with E-state index in [0.29, 0.717) is 27.0 Å². The van der Waals surface area contributed by atoms with Crippen LogP contribution in [0.4, 0.5) is 5.69 Å². The van der Waals surface area contributed by atoms with Crippen molar-refractivity contribution in [2.75, 3.05) is 5.32 Å². The molecular formula is C27H23ClN2O4. The lowest BCUT2D eigenvalue weighted by Gasteiger charge is -2.20. The van der Waals surface area contributed by atoms with E-state index in [0.717, 1.165) is 5.56 Å². The highest BCUT2D eigenvalue weighted by Crippen LogP contribution is 2.31. The van der Waals surface area contributed by atoms with E-state index >= 15 is 0 Å². The molecule has 4 aromatic rings. The van der Waals surface area contributed by atoms with Crippen LogP contribution in [0.5, 0.6) is 0 Å². The van der Waals surface area contributed by atoms with Crippen molar-refractivity contribution in [1.82, 2.24) is 4.57 Å². The third-order valence-corrected chi connectivity index (χ3v) is 5.93. The fourth-order valence-corrected chi connectivity index (χ4v) is 4.07. The summed E-state index contributed by atoms with van der Waals surface area (Å²) in [5.41, 5.74) is 1.51. The van der Waals surface area contributed by atoms with E-state index in [-0.39, 0.29) is 17.7 Å². The molecule has 0 aliphatic carbocycles. The molecule has 0 aliphatic rings. The minimum absolute atomic E-state index is 0.0823. The highest BCUT2D eigenvalue weighted by atomic mass is 35.5. The van der Waals surface area contributed by atoms with E-state index in [2.05, 4.69) is 5.32 Å². The Bertz CT molecular complexity index is 1430. The molecule has 1 amide bonds. The number of benzene rings is 3. The van der Waals surface area contributed by atoms with Gasteiger partial charge in [-0.3, -0.25) is 9.59 Å². The first-order valence-electron chi connectivity index (χ1n) is 10.9. The Hall–Kier alpha value is -3.90. The van der Waals surface area contributed by atoms with E-state index in [4.69, 9.17) is 16.3 Å². The molecule has 0 fully saturated rings. The van der Waals surface area contributed by atoms with Crippen LogP contribution < -0.4 is 10.9 Å². The highest BCUT2D eigenvalue weighted by molar-refractivity contribution is 6.33. The van der Waals surface area contributed by atoms with Gasteiger partial charge >= 0.3 is 5.97 Å². The maximum Gasteiger partial charge on any atom is 0.356 e. The quantitative estimate of drug-likeness (QED) is 0.378. The molecule has 6 nitrogen and oxygen atoms in total. The Morgan fingerprint density at radius 3 is 2.24 bits per heavy atom. The van der Waals surface area contributed by atoms with Gasteiger partial charge in [0, 0.05) is 18.0 Å². The number of para-hydroxylation sites is 1. The first-order chi connectivity index (χ1) is 16.4. The van der Waals surface area contributed by atoms with Crippen molar-refractivity contribution in [1.29, 1.82) is 0 Å². The fourth-order valence-electron chi connectivity index (χ4n) is 3.88. The summed E-state index contributed by atoms with van der Waals surface area (Å²) in [7, 11) is 1.53. The minimum Gasteiger partial charge on any atom is -0.448 e. The number of amides is 1. The zero-order valence-corrected chi connectivity index (χ0v) is 19.5. The summed E-state index contributed by atoms with van der Waals surface area (Å²) in [4.78, 5) is 39.4. The van der Waals surface area contributed by atoms with Crippen LogP contribution in [0, 0.1) is 0 Å². The number of nitrogens with one attached hydrogen (secondary N) is 1. The largest absolute Gasteiger partial charge is 0.448 e. The summed E-state index contributed by atoms with van der Waals surface area (Å²) < 4.78 is 6.94. The second-order valence-electron chi connectivity index (χ2n) is 7.77. The van der Waals surface area contributed by atoms with Crippen LogP contribution in [0.25, 0.3) is 21.9 Å². The zero-order chi connectivity index (χ0) is 24.2. The number of aromatic nitrogens is 1. The second-order valence-corrected chi connectivity index (χ2v) is 8.18. The van der Waals surface area contributed by atoms with Gasteiger partial charge in [0.2, 0.25) is 0 Å². The highest BCUT2D eigenvalue weighted by Gasteiger charge is 2.28. The molecule has 0 bridgehead atoms. The SMILES string of the molecule is CCC(OC(=O)c1c(-c2ccccc2)c2ccccc2c(=O)n1C)C(=O)Nc1ccccc1Cl. The number of carbonyl (C=O) groups is 2. The summed E-state index contributed by atoms with van der Waals surface area (Å²) in [5, 5.41) is 4.20. The van der Waals surface area contributed by atoms with E-state index in [1.165, 1.54) is 11.6 Å². The predicted octanol–water partition coefficient (Wildman–Crippen LogP) is 5.43. The number of esters is 1. The molecule has 1 heterocycles. The average Bonchev–Trinajstić information content (AvgIpc) is 2.86. The summed E-state index contributed by atoms with van der Waals surface area (Å²) in [5.74, 6) is -1.26. The first kappa shape index (κ1) is 23.3. The molecule has 1 unspecified atom stereocenters. The first-order valence-corrected chi connectivity index (χ1v) is 11.2. The zero-order valence-electron chi connectivity index (χ0n) is 18.7. The molecule has 4 rings (SSSR count). The topological polar surface area (TPSA) is 77.4 Å². The smallest absolute Gasteiger partial charge is 0.356 e. The van der Waals surface area contributed by atoms with Crippen molar-refractivity contribution in [3.8, 4) is 11.1 Å². The molecule has 0 saturated carbocycles. The normalized spacial score (nSPS) is 11.7. The van der Waals surface area contributed by atoms with Crippen molar-refractivity contribution >= 4 is 39.9 Å². The number of fused-ring (bicyclic) bond motifs is 1. The van der Waals surface area contributed by atoms with Gasteiger partial charge in [-0.1, -0.05) is 79.2 Å². The summed E-state index contributed by atoms with van der Waals surface area (Å²) >= 11 is 6.14. The van der Waals surface area contributed by atoms with Crippen LogP contribution in [-0.4, -0.2) is 22.5 Å². The van der Waals surface area contributed by atoms with Gasteiger partial charge in [0.1, 0.15) is 5.69 Å². The molecule has 7 heteroatoms. The van der Waals surface area contributed by atoms with Gasteiger partial charge in [-0.25, -0.2) is 4.79 Å². The number of ether oxygens (including phenoxy) is 1. The molecule has 172 valence electrons. The van der Waals surface area contributed by atoms with Crippen molar-refractivity contribution in [3.63, 3.8) is 0 Å². The fraction of sp³-hybridized carbons (Fsp3) is 0.148. The summed E-state index contributed by atoms with van der Waals surface area (Å²) in [6.07, 6.45) is -0.835. The van der Waals surface area contributed by atoms with Crippen LogP contribution in [0.1, 0.15) is 23.8 Å². The van der Waals surface area contributed by atoms with Gasteiger partial charge in [0.15, 0.2) is 6.10 Å². The molecular weight excluding hydrogens is 452 g/mol. The monoisotopic (exact) mass is 474 g/mol. The lowest BCUT2D eigenvalue weighted by molar-refractivity contribution is -0.124. The Morgan fingerprint density at radius 1 is 0.941 bits per heavy atom. The van der Waals surface area contributed by atoms with Crippen LogP contribution >= 0.6 is 11.6 Å². The van der Waals surface area contributed by atoms with Crippen LogP contribution in [0.2, 0.25) is 5.02 Å². The maximum atomic E-state index is 13.5. The third kappa shape index (κ3) is 4.45. The molecule has 0 spiro atoms. The molecule has 3 aromatic carbocycles. The van der Waals surface area contributed by atoms with Crippen molar-refractivity contribution in [2.45, 2.75) is 19.4 Å². The second kappa shape index (κ2) is 9.93. The number of carbonyl (C=O) groups excluding carboxylic acids is 2. The Labute approximate surface area is 201 Å². The molecule has 0 saturated heterocycles. The third-order valence-electron chi connectivity index (χ3n) is 5.60. The summed E-state index contributed by atoms with van der Waals surface area (Å²) in [6, 6.07) is 23.3. The van der Waals surface area contributed by atoms with Gasteiger partial charge in [-0.2, -0.15) is 0 Å². The minimum atomic E-state index is -1.08. The predicted molar refractivity (Wildman–Crippen MR) is 134 cm³/mol. The standard InChI is InChI=1S/C27H23ClN2O4/c1-3-22(25(31)29-21-16-10-9-15-20(21)28)34-27(33)24-23(17-11-5-4-6-12-17)18-13-7-8-14-19(18)26(32)30(24)2/h4-16,22H,3H2,1-2H3,(H,29,31). The van der Waals surface area contributed by atoms with E-state index < -0.39 is 18.0 Å². The van der Waals surface area contributed by atoms with Gasteiger partial charge in [0.25, 0.3) is 11.5 Å². The lowest BCUT2D eigenvalue weighted by atomic mass is 9.97. The van der Waals surface area contributed by atoms with Gasteiger partial charge < -0.3 is 14.6 Å². The Morgan fingerprint density at radius 2 is 1.56 bits per heavy atom. The number of hydrogen-bond donors (Lipinski definition) is 1. The van der Waals surface area contributed by atoms with Crippen LogP contribution in [-0.2, 0) is 16.6 Å². The average molecular weight is 475 g/mol. The van der Waals surface area contributed by atoms with Gasteiger partial charge in [-0.15, -0.1) is 0 Å². The number of hydrogen-bond acceptors (Lipinski definition) is 4. The van der Waals surface area contributed by atoms with E-state index in [1.54, 1.807) is 49.4 Å². The molecule has 1 N–H and O–H groups in total. The van der Waals surface area contributed by atoms with Crippen molar-refractivity contribution < 1.29 is 14.3 Å². The number of halogens is 1. The van der Waals surface area contributed by atoms with E-state index in [1.807, 2.05) is 36.4 Å². The van der Waals surface area contributed by atoms with Gasteiger partial charge in [0.05, 0.1) is 10.7 Å². The molecule has 1 aromatic heterocycles. The molecule has 0 radical (unpaired) electrons. The number of rotatable bonds is 6. The molecule has 34 heavy (non-hydrogen) atoms. The molecule has 0 aliphatic heterocycles. The number of anilines is 1. The van der Waals surface area contributed by atoms with E-state index in [9.17, 15) is 14.4 Å². The van der Waals surface area contributed by atoms with Crippen LogP contribution in [0.3, 0.4) is 0 Å².